The first-order valence-electron chi connectivity index (χ1n) is 6.02. The van der Waals surface area contributed by atoms with E-state index in [9.17, 15) is 0 Å². The van der Waals surface area contributed by atoms with Crippen molar-refractivity contribution >= 4 is 0 Å². The minimum Gasteiger partial charge on any atom is -0.393 e. The summed E-state index contributed by atoms with van der Waals surface area (Å²) in [7, 11) is 0. The Hall–Kier alpha value is -0.160. The van der Waals surface area contributed by atoms with Crippen LogP contribution in [0.25, 0.3) is 0 Å². The molecule has 4 heteroatoms. The van der Waals surface area contributed by atoms with Gasteiger partial charge in [-0.1, -0.05) is 0 Å². The van der Waals surface area contributed by atoms with Gasteiger partial charge >= 0.3 is 0 Å². The van der Waals surface area contributed by atoms with Gasteiger partial charge in [0.25, 0.3) is 0 Å². The van der Waals surface area contributed by atoms with E-state index < -0.39 is 6.10 Å². The third-order valence-electron chi connectivity index (χ3n) is 3.34. The van der Waals surface area contributed by atoms with Gasteiger partial charge in [0.2, 0.25) is 0 Å². The highest BCUT2D eigenvalue weighted by atomic mass is 16.7. The van der Waals surface area contributed by atoms with Gasteiger partial charge in [0, 0.05) is 11.1 Å². The van der Waals surface area contributed by atoms with Gasteiger partial charge in [0.05, 0.1) is 13.2 Å². The van der Waals surface area contributed by atoms with Crippen molar-refractivity contribution in [2.24, 2.45) is 0 Å². The Morgan fingerprint density at radius 3 is 1.88 bits per heavy atom. The highest BCUT2D eigenvalue weighted by molar-refractivity contribution is 4.93. The maximum Gasteiger partial charge on any atom is 0.125 e. The monoisotopic (exact) mass is 231 g/mol. The number of nitrogens with zero attached hydrogens (tertiary/aromatic N) is 1. The van der Waals surface area contributed by atoms with Crippen molar-refractivity contribution in [3.8, 4) is 0 Å². The number of aliphatic hydroxyl groups is 2. The summed E-state index contributed by atoms with van der Waals surface area (Å²) in [5, 5.41) is 20.1. The first kappa shape index (κ1) is 13.9. The Labute approximate surface area is 98.2 Å². The van der Waals surface area contributed by atoms with Crippen molar-refractivity contribution in [2.45, 2.75) is 64.1 Å². The van der Waals surface area contributed by atoms with Crippen LogP contribution in [-0.4, -0.2) is 45.7 Å². The van der Waals surface area contributed by atoms with Crippen LogP contribution in [0.15, 0.2) is 0 Å². The largest absolute Gasteiger partial charge is 0.393 e. The van der Waals surface area contributed by atoms with Gasteiger partial charge in [-0.3, -0.25) is 4.84 Å². The van der Waals surface area contributed by atoms with E-state index in [0.29, 0.717) is 0 Å². The van der Waals surface area contributed by atoms with Crippen LogP contribution in [0.5, 0.6) is 0 Å². The summed E-state index contributed by atoms with van der Waals surface area (Å²) in [6.07, 6.45) is 2.81. The second-order valence-corrected chi connectivity index (χ2v) is 5.87. The Balaban J connectivity index is 2.78. The molecule has 0 unspecified atom stereocenters. The van der Waals surface area contributed by atoms with Crippen molar-refractivity contribution in [2.75, 3.05) is 13.2 Å². The SMILES string of the molecule is CC1(C)CCCC(C)(C)N1OC(CO)CO. The van der Waals surface area contributed by atoms with E-state index in [-0.39, 0.29) is 24.3 Å². The average molecular weight is 231 g/mol. The van der Waals surface area contributed by atoms with Gasteiger partial charge < -0.3 is 10.2 Å². The highest BCUT2D eigenvalue weighted by Crippen LogP contribution is 2.38. The smallest absolute Gasteiger partial charge is 0.125 e. The van der Waals surface area contributed by atoms with E-state index in [0.717, 1.165) is 12.8 Å². The molecule has 4 nitrogen and oxygen atoms in total. The van der Waals surface area contributed by atoms with Crippen LogP contribution < -0.4 is 0 Å². The quantitative estimate of drug-likeness (QED) is 0.766. The summed E-state index contributed by atoms with van der Waals surface area (Å²) >= 11 is 0. The van der Waals surface area contributed by atoms with Crippen molar-refractivity contribution in [3.05, 3.63) is 0 Å². The minimum absolute atomic E-state index is 0.0512. The molecule has 0 radical (unpaired) electrons. The molecule has 0 spiro atoms. The van der Waals surface area contributed by atoms with Crippen LogP contribution in [0.2, 0.25) is 0 Å². The molecule has 1 fully saturated rings. The van der Waals surface area contributed by atoms with Crippen molar-refractivity contribution < 1.29 is 15.1 Å². The molecule has 0 aromatic rings. The zero-order chi connectivity index (χ0) is 12.4. The van der Waals surface area contributed by atoms with Crippen LogP contribution in [0, 0.1) is 0 Å². The van der Waals surface area contributed by atoms with Crippen LogP contribution in [0.4, 0.5) is 0 Å². The van der Waals surface area contributed by atoms with E-state index in [1.54, 1.807) is 0 Å². The van der Waals surface area contributed by atoms with Gasteiger partial charge in [-0.15, -0.1) is 0 Å². The molecule has 1 aliphatic rings. The maximum atomic E-state index is 9.09. The summed E-state index contributed by atoms with van der Waals surface area (Å²) in [5.74, 6) is 0. The van der Waals surface area contributed by atoms with E-state index in [1.165, 1.54) is 6.42 Å². The van der Waals surface area contributed by atoms with Gasteiger partial charge in [0.15, 0.2) is 0 Å². The summed E-state index contributed by atoms with van der Waals surface area (Å²) in [5.41, 5.74) is -0.102. The molecule has 1 rings (SSSR count). The number of piperidine rings is 1. The zero-order valence-electron chi connectivity index (χ0n) is 10.9. The zero-order valence-corrected chi connectivity index (χ0v) is 10.9. The van der Waals surface area contributed by atoms with E-state index in [2.05, 4.69) is 27.7 Å². The molecule has 0 saturated carbocycles. The molecule has 0 aromatic carbocycles. The van der Waals surface area contributed by atoms with Crippen LogP contribution in [-0.2, 0) is 4.84 Å². The molecule has 96 valence electrons. The second kappa shape index (κ2) is 5.00. The molecule has 1 aliphatic heterocycles. The fourth-order valence-corrected chi connectivity index (χ4v) is 2.53. The number of hydrogen-bond donors (Lipinski definition) is 2. The second-order valence-electron chi connectivity index (χ2n) is 5.87. The van der Waals surface area contributed by atoms with Crippen LogP contribution in [0.1, 0.15) is 47.0 Å². The first-order chi connectivity index (χ1) is 7.33. The molecule has 1 saturated heterocycles. The Morgan fingerprint density at radius 2 is 1.50 bits per heavy atom. The summed E-state index contributed by atoms with van der Waals surface area (Å²) in [6, 6.07) is 0. The molecule has 0 amide bonds. The van der Waals surface area contributed by atoms with E-state index >= 15 is 0 Å². The number of hydroxylamine groups is 2. The number of rotatable bonds is 4. The van der Waals surface area contributed by atoms with Crippen molar-refractivity contribution in [3.63, 3.8) is 0 Å². The molecule has 0 aromatic heterocycles. The molecular weight excluding hydrogens is 206 g/mol. The van der Waals surface area contributed by atoms with Gasteiger partial charge in [0.1, 0.15) is 6.10 Å². The lowest BCUT2D eigenvalue weighted by Gasteiger charge is -2.52. The molecular formula is C12H25NO3. The van der Waals surface area contributed by atoms with Crippen LogP contribution in [0.3, 0.4) is 0 Å². The van der Waals surface area contributed by atoms with E-state index in [1.807, 2.05) is 5.06 Å². The molecule has 0 bridgehead atoms. The Morgan fingerprint density at radius 1 is 1.06 bits per heavy atom. The predicted octanol–water partition coefficient (Wildman–Crippen LogP) is 1.31. The van der Waals surface area contributed by atoms with Crippen molar-refractivity contribution in [1.29, 1.82) is 0 Å². The molecule has 0 atom stereocenters. The normalized spacial score (nSPS) is 24.9. The predicted molar refractivity (Wildman–Crippen MR) is 62.9 cm³/mol. The first-order valence-corrected chi connectivity index (χ1v) is 6.02. The number of hydrogen-bond acceptors (Lipinski definition) is 4. The summed E-state index contributed by atoms with van der Waals surface area (Å²) in [6.45, 7) is 8.25. The Bertz CT molecular complexity index is 208. The average Bonchev–Trinajstić information content (AvgIpc) is 2.16. The van der Waals surface area contributed by atoms with Crippen LogP contribution >= 0.6 is 0 Å². The Kier molecular flexibility index (Phi) is 4.35. The topological polar surface area (TPSA) is 52.9 Å². The van der Waals surface area contributed by atoms with E-state index in [4.69, 9.17) is 15.1 Å². The number of aliphatic hydroxyl groups excluding tert-OH is 2. The lowest BCUT2D eigenvalue weighted by atomic mass is 9.82. The molecule has 16 heavy (non-hydrogen) atoms. The fourth-order valence-electron chi connectivity index (χ4n) is 2.53. The standard InChI is InChI=1S/C12H25NO3/c1-11(2)6-5-7-12(3,4)13(11)16-10(8-14)9-15/h10,14-15H,5-9H2,1-4H3. The maximum absolute atomic E-state index is 9.09. The minimum atomic E-state index is -0.517. The summed E-state index contributed by atoms with van der Waals surface area (Å²) in [4.78, 5) is 5.75. The van der Waals surface area contributed by atoms with Gasteiger partial charge in [-0.05, 0) is 47.0 Å². The van der Waals surface area contributed by atoms with Crippen molar-refractivity contribution in [1.82, 2.24) is 5.06 Å². The van der Waals surface area contributed by atoms with Gasteiger partial charge in [-0.2, -0.15) is 5.06 Å². The third-order valence-corrected chi connectivity index (χ3v) is 3.34. The molecule has 2 N–H and O–H groups in total. The lowest BCUT2D eigenvalue weighted by molar-refractivity contribution is -0.312. The fraction of sp³-hybridized carbons (Fsp3) is 1.00. The molecule has 0 aliphatic carbocycles. The summed E-state index contributed by atoms with van der Waals surface area (Å²) < 4.78 is 0. The third kappa shape index (κ3) is 2.94. The highest BCUT2D eigenvalue weighted by Gasteiger charge is 2.43. The lowest BCUT2D eigenvalue weighted by Crippen LogP contribution is -2.59. The van der Waals surface area contributed by atoms with Gasteiger partial charge in [-0.25, -0.2) is 0 Å². The molecule has 1 heterocycles.